The first-order valence-corrected chi connectivity index (χ1v) is 11.0. The van der Waals surface area contributed by atoms with Crippen LogP contribution in [0.4, 0.5) is 52.7 Å². The van der Waals surface area contributed by atoms with Gasteiger partial charge in [-0.15, -0.1) is 0 Å². The normalized spacial score (nSPS) is 11.4. The summed E-state index contributed by atoms with van der Waals surface area (Å²) < 4.78 is 175. The van der Waals surface area contributed by atoms with E-state index in [1.54, 1.807) is 6.92 Å². The maximum atomic E-state index is 14.9. The Hall–Kier alpha value is -3.71. The van der Waals surface area contributed by atoms with Crippen LogP contribution < -0.4 is 0 Å². The predicted molar refractivity (Wildman–Crippen MR) is 112 cm³/mol. The number of benzene rings is 3. The van der Waals surface area contributed by atoms with Gasteiger partial charge in [0.15, 0.2) is 69.8 Å². The van der Waals surface area contributed by atoms with Crippen molar-refractivity contribution in [3.8, 4) is 22.3 Å². The molecular formula is C25H14F12O2. The smallest absolute Gasteiger partial charge is 0.341 e. The molecule has 0 aliphatic heterocycles. The van der Waals surface area contributed by atoms with Crippen molar-refractivity contribution in [2.24, 2.45) is 0 Å². The number of aromatic carboxylic acids is 1. The third-order valence-electron chi connectivity index (χ3n) is 5.88. The lowest BCUT2D eigenvalue weighted by molar-refractivity contribution is 0.0683. The van der Waals surface area contributed by atoms with Crippen molar-refractivity contribution < 1.29 is 62.6 Å². The van der Waals surface area contributed by atoms with Crippen molar-refractivity contribution >= 4 is 5.97 Å². The van der Waals surface area contributed by atoms with E-state index < -0.39 is 116 Å². The van der Waals surface area contributed by atoms with Gasteiger partial charge in [-0.3, -0.25) is 0 Å². The van der Waals surface area contributed by atoms with Crippen LogP contribution >= 0.6 is 0 Å². The van der Waals surface area contributed by atoms with Crippen molar-refractivity contribution in [3.63, 3.8) is 0 Å². The molecular weight excluding hydrogens is 560 g/mol. The predicted octanol–water partition coefficient (Wildman–Crippen LogP) is 8.51. The van der Waals surface area contributed by atoms with Crippen LogP contribution in [0.2, 0.25) is 0 Å². The number of rotatable bonds is 8. The summed E-state index contributed by atoms with van der Waals surface area (Å²) >= 11 is 0. The van der Waals surface area contributed by atoms with Crippen LogP contribution in [0.5, 0.6) is 0 Å². The van der Waals surface area contributed by atoms with E-state index in [-0.39, 0.29) is 6.42 Å². The standard InChI is InChI=1S/C25H14F12O2/c1-2-3-4-5-6-7-13(26)15(28)8(16(29)14(7)27)9-17(30)19(32)10(20(33)18(9)31)11-21(34)23(36)12(25(38)39)24(37)22(11)35/h2-6H2,1H3,(H,38,39). The highest BCUT2D eigenvalue weighted by Gasteiger charge is 2.38. The van der Waals surface area contributed by atoms with Crippen LogP contribution in [0.1, 0.15) is 48.5 Å². The van der Waals surface area contributed by atoms with Crippen LogP contribution in [0.3, 0.4) is 0 Å². The molecule has 0 spiro atoms. The Morgan fingerprint density at radius 2 is 0.795 bits per heavy atom. The van der Waals surface area contributed by atoms with Crippen molar-refractivity contribution in [1.29, 1.82) is 0 Å². The van der Waals surface area contributed by atoms with Crippen molar-refractivity contribution in [1.82, 2.24) is 0 Å². The molecule has 0 bridgehead atoms. The SMILES string of the molecule is CCCCCCc1c(F)c(F)c(-c2c(F)c(F)c(-c3c(F)c(F)c(C(=O)O)c(F)c3F)c(F)c2F)c(F)c1F. The number of unbranched alkanes of at least 4 members (excludes halogenated alkanes) is 3. The van der Waals surface area contributed by atoms with E-state index in [2.05, 4.69) is 0 Å². The first kappa shape index (κ1) is 29.8. The number of carboxylic acids is 1. The fourth-order valence-electron chi connectivity index (χ4n) is 3.95. The summed E-state index contributed by atoms with van der Waals surface area (Å²) in [5.74, 6) is -34.2. The lowest BCUT2D eigenvalue weighted by Gasteiger charge is -2.17. The first-order valence-electron chi connectivity index (χ1n) is 11.0. The zero-order chi connectivity index (χ0) is 29.5. The van der Waals surface area contributed by atoms with E-state index >= 15 is 0 Å². The van der Waals surface area contributed by atoms with E-state index in [9.17, 15) is 57.5 Å². The summed E-state index contributed by atoms with van der Waals surface area (Å²) in [5.41, 5.74) is -13.0. The second-order valence-corrected chi connectivity index (χ2v) is 8.24. The molecule has 2 nitrogen and oxygen atoms in total. The minimum absolute atomic E-state index is 0.0471. The van der Waals surface area contributed by atoms with Gasteiger partial charge >= 0.3 is 5.97 Å². The molecule has 3 rings (SSSR count). The van der Waals surface area contributed by atoms with Gasteiger partial charge in [-0.2, -0.15) is 0 Å². The zero-order valence-electron chi connectivity index (χ0n) is 19.4. The maximum absolute atomic E-state index is 14.9. The van der Waals surface area contributed by atoms with E-state index in [4.69, 9.17) is 5.11 Å². The maximum Gasteiger partial charge on any atom is 0.341 e. The van der Waals surface area contributed by atoms with Crippen LogP contribution in [0, 0.1) is 69.8 Å². The second kappa shape index (κ2) is 11.2. The molecule has 0 amide bonds. The highest BCUT2D eigenvalue weighted by atomic mass is 19.2. The molecule has 14 heteroatoms. The molecule has 0 heterocycles. The average molecular weight is 574 g/mol. The molecule has 3 aromatic carbocycles. The molecule has 210 valence electrons. The molecule has 0 saturated carbocycles. The lowest BCUT2D eigenvalue weighted by atomic mass is 9.93. The van der Waals surface area contributed by atoms with Gasteiger partial charge in [-0.05, 0) is 12.8 Å². The van der Waals surface area contributed by atoms with Crippen molar-refractivity contribution in [2.45, 2.75) is 39.0 Å². The van der Waals surface area contributed by atoms with Crippen LogP contribution in [0.25, 0.3) is 22.3 Å². The Bertz CT molecular complexity index is 1410. The molecule has 0 aliphatic rings. The molecule has 1 N–H and O–H groups in total. The summed E-state index contributed by atoms with van der Waals surface area (Å²) in [7, 11) is 0. The van der Waals surface area contributed by atoms with Crippen LogP contribution in [-0.4, -0.2) is 11.1 Å². The minimum atomic E-state index is -2.88. The molecule has 0 unspecified atom stereocenters. The first-order chi connectivity index (χ1) is 18.2. The monoisotopic (exact) mass is 574 g/mol. The highest BCUT2D eigenvalue weighted by Crippen LogP contribution is 2.43. The third kappa shape index (κ3) is 4.80. The topological polar surface area (TPSA) is 37.3 Å². The molecule has 0 aromatic heterocycles. The Morgan fingerprint density at radius 3 is 1.10 bits per heavy atom. The van der Waals surface area contributed by atoms with Gasteiger partial charge in [-0.25, -0.2) is 57.5 Å². The molecule has 0 fully saturated rings. The Kier molecular flexibility index (Phi) is 8.56. The lowest BCUT2D eigenvalue weighted by Crippen LogP contribution is -2.14. The van der Waals surface area contributed by atoms with Gasteiger partial charge in [0.25, 0.3) is 0 Å². The number of carboxylic acid groups (broad SMARTS) is 1. The molecule has 0 saturated heterocycles. The second-order valence-electron chi connectivity index (χ2n) is 8.24. The van der Waals surface area contributed by atoms with Gasteiger partial charge in [0.2, 0.25) is 0 Å². The van der Waals surface area contributed by atoms with Gasteiger partial charge < -0.3 is 5.11 Å². The van der Waals surface area contributed by atoms with Gasteiger partial charge in [0, 0.05) is 5.56 Å². The minimum Gasteiger partial charge on any atom is -0.477 e. The number of hydrogen-bond acceptors (Lipinski definition) is 1. The molecule has 0 atom stereocenters. The summed E-state index contributed by atoms with van der Waals surface area (Å²) in [4.78, 5) is 10.9. The molecule has 0 aliphatic carbocycles. The molecule has 3 aromatic rings. The summed E-state index contributed by atoms with van der Waals surface area (Å²) in [6.45, 7) is 1.79. The summed E-state index contributed by atoms with van der Waals surface area (Å²) in [5, 5.41) is 8.69. The van der Waals surface area contributed by atoms with E-state index in [1.807, 2.05) is 0 Å². The van der Waals surface area contributed by atoms with E-state index in [1.165, 1.54) is 0 Å². The van der Waals surface area contributed by atoms with Gasteiger partial charge in [0.05, 0.1) is 22.3 Å². The Morgan fingerprint density at radius 1 is 0.487 bits per heavy atom. The van der Waals surface area contributed by atoms with Crippen LogP contribution in [0.15, 0.2) is 0 Å². The van der Waals surface area contributed by atoms with Gasteiger partial charge in [0.1, 0.15) is 5.56 Å². The Balaban J connectivity index is 2.33. The fourth-order valence-corrected chi connectivity index (χ4v) is 3.95. The number of carbonyl (C=O) groups is 1. The van der Waals surface area contributed by atoms with E-state index in [0.717, 1.165) is 0 Å². The number of halogens is 12. The zero-order valence-corrected chi connectivity index (χ0v) is 19.4. The number of hydrogen-bond donors (Lipinski definition) is 1. The summed E-state index contributed by atoms with van der Waals surface area (Å²) in [6.07, 6.45) is 1.17. The largest absolute Gasteiger partial charge is 0.477 e. The summed E-state index contributed by atoms with van der Waals surface area (Å²) in [6, 6.07) is 0. The molecule has 0 radical (unpaired) electrons. The van der Waals surface area contributed by atoms with Gasteiger partial charge in [-0.1, -0.05) is 26.2 Å². The third-order valence-corrected chi connectivity index (χ3v) is 5.88. The highest BCUT2D eigenvalue weighted by molar-refractivity contribution is 5.89. The average Bonchev–Trinajstić information content (AvgIpc) is 2.88. The van der Waals surface area contributed by atoms with Crippen molar-refractivity contribution in [3.05, 3.63) is 80.9 Å². The Labute approximate surface area is 211 Å². The van der Waals surface area contributed by atoms with Crippen molar-refractivity contribution in [2.75, 3.05) is 0 Å². The van der Waals surface area contributed by atoms with Crippen LogP contribution in [-0.2, 0) is 6.42 Å². The van der Waals surface area contributed by atoms with E-state index in [0.29, 0.717) is 19.3 Å². The quantitative estimate of drug-likeness (QED) is 0.166. The molecule has 39 heavy (non-hydrogen) atoms. The fraction of sp³-hybridized carbons (Fsp3) is 0.240.